The maximum Gasteiger partial charge on any atom is 0.261 e. The molecule has 3 rings (SSSR count). The van der Waals surface area contributed by atoms with Gasteiger partial charge in [-0.3, -0.25) is 4.72 Å². The van der Waals surface area contributed by atoms with Crippen LogP contribution in [0.3, 0.4) is 0 Å². The Bertz CT molecular complexity index is 1020. The van der Waals surface area contributed by atoms with Crippen LogP contribution in [0.1, 0.15) is 49.1 Å². The van der Waals surface area contributed by atoms with Gasteiger partial charge in [-0.05, 0) is 61.1 Å². The van der Waals surface area contributed by atoms with E-state index in [0.29, 0.717) is 11.5 Å². The molecule has 146 valence electrons. The van der Waals surface area contributed by atoms with E-state index in [4.69, 9.17) is 0 Å². The molecule has 0 unspecified atom stereocenters. The summed E-state index contributed by atoms with van der Waals surface area (Å²) in [5.41, 5.74) is 2.11. The Morgan fingerprint density at radius 3 is 2.04 bits per heavy atom. The van der Waals surface area contributed by atoms with E-state index in [-0.39, 0.29) is 15.5 Å². The molecule has 5 nitrogen and oxygen atoms in total. The van der Waals surface area contributed by atoms with Gasteiger partial charge in [0.05, 0.1) is 15.5 Å². The maximum absolute atomic E-state index is 12.7. The molecule has 0 saturated heterocycles. The van der Waals surface area contributed by atoms with Gasteiger partial charge in [0.2, 0.25) is 0 Å². The van der Waals surface area contributed by atoms with E-state index >= 15 is 0 Å². The Morgan fingerprint density at radius 2 is 1.44 bits per heavy atom. The number of sulfone groups is 1. The Balaban J connectivity index is 1.85. The fraction of sp³-hybridized carbons (Fsp3) is 0.400. The van der Waals surface area contributed by atoms with Crippen molar-refractivity contribution in [3.8, 4) is 0 Å². The van der Waals surface area contributed by atoms with Crippen LogP contribution < -0.4 is 4.72 Å². The van der Waals surface area contributed by atoms with Gasteiger partial charge in [-0.1, -0.05) is 37.5 Å². The molecule has 1 N–H and O–H groups in total. The number of hydrogen-bond donors (Lipinski definition) is 1. The number of hydrogen-bond acceptors (Lipinski definition) is 4. The first-order valence-corrected chi connectivity index (χ1v) is 12.5. The van der Waals surface area contributed by atoms with E-state index in [2.05, 4.69) is 4.72 Å². The highest BCUT2D eigenvalue weighted by atomic mass is 32.2. The summed E-state index contributed by atoms with van der Waals surface area (Å²) in [6, 6.07) is 11.5. The van der Waals surface area contributed by atoms with Crippen LogP contribution in [-0.4, -0.2) is 23.1 Å². The van der Waals surface area contributed by atoms with E-state index < -0.39 is 19.9 Å². The zero-order valence-corrected chi connectivity index (χ0v) is 17.2. The summed E-state index contributed by atoms with van der Waals surface area (Å²) in [6.07, 6.45) is 7.13. The van der Waals surface area contributed by atoms with Gasteiger partial charge < -0.3 is 0 Å². The van der Waals surface area contributed by atoms with Gasteiger partial charge in [0, 0.05) is 6.26 Å². The van der Waals surface area contributed by atoms with Crippen molar-refractivity contribution in [3.05, 3.63) is 53.6 Å². The highest BCUT2D eigenvalue weighted by Crippen LogP contribution is 2.33. The van der Waals surface area contributed by atoms with E-state index in [1.165, 1.54) is 37.0 Å². The zero-order valence-electron chi connectivity index (χ0n) is 15.6. The summed E-state index contributed by atoms with van der Waals surface area (Å²) < 4.78 is 51.5. The van der Waals surface area contributed by atoms with Crippen LogP contribution in [0.2, 0.25) is 0 Å². The molecule has 0 spiro atoms. The van der Waals surface area contributed by atoms with Crippen molar-refractivity contribution in [3.63, 3.8) is 0 Å². The van der Waals surface area contributed by atoms with Gasteiger partial charge in [0.25, 0.3) is 10.0 Å². The monoisotopic (exact) mass is 407 g/mol. The van der Waals surface area contributed by atoms with Crippen LogP contribution in [0.5, 0.6) is 0 Å². The maximum atomic E-state index is 12.7. The van der Waals surface area contributed by atoms with Gasteiger partial charge in [0.15, 0.2) is 9.84 Å². The van der Waals surface area contributed by atoms with Gasteiger partial charge in [0.1, 0.15) is 0 Å². The number of nitrogens with one attached hydrogen (secondary N) is 1. The molecular weight excluding hydrogens is 382 g/mol. The highest BCUT2D eigenvalue weighted by Gasteiger charge is 2.19. The number of rotatable bonds is 5. The third-order valence-electron chi connectivity index (χ3n) is 5.15. The van der Waals surface area contributed by atoms with Crippen LogP contribution in [-0.2, 0) is 19.9 Å². The van der Waals surface area contributed by atoms with Crippen LogP contribution in [0.25, 0.3) is 0 Å². The molecule has 0 amide bonds. The van der Waals surface area contributed by atoms with Gasteiger partial charge in [-0.2, -0.15) is 0 Å². The van der Waals surface area contributed by atoms with Crippen molar-refractivity contribution < 1.29 is 16.8 Å². The second-order valence-corrected chi connectivity index (χ2v) is 11.0. The van der Waals surface area contributed by atoms with Crippen LogP contribution in [0, 0.1) is 6.92 Å². The Kier molecular flexibility index (Phi) is 5.63. The highest BCUT2D eigenvalue weighted by molar-refractivity contribution is 7.92. The first-order chi connectivity index (χ1) is 12.7. The van der Waals surface area contributed by atoms with Crippen LogP contribution >= 0.6 is 0 Å². The van der Waals surface area contributed by atoms with E-state index in [1.54, 1.807) is 25.1 Å². The van der Waals surface area contributed by atoms with E-state index in [0.717, 1.165) is 19.1 Å². The molecule has 1 aliphatic rings. The third-order valence-corrected chi connectivity index (χ3v) is 7.64. The van der Waals surface area contributed by atoms with E-state index in [1.807, 2.05) is 12.1 Å². The molecule has 0 radical (unpaired) electrons. The minimum atomic E-state index is -3.79. The van der Waals surface area contributed by atoms with E-state index in [9.17, 15) is 16.8 Å². The SMILES string of the molecule is Cc1ccc(S(C)(=O)=O)cc1NS(=O)(=O)c1ccc(C2CCCCC2)cc1. The van der Waals surface area contributed by atoms with Crippen LogP contribution in [0.4, 0.5) is 5.69 Å². The van der Waals surface area contributed by atoms with Crippen molar-refractivity contribution in [2.45, 2.75) is 54.7 Å². The molecule has 2 aromatic rings. The molecule has 1 fully saturated rings. The predicted octanol–water partition coefficient (Wildman–Crippen LogP) is 4.25. The lowest BCUT2D eigenvalue weighted by molar-refractivity contribution is 0.443. The van der Waals surface area contributed by atoms with Crippen molar-refractivity contribution in [1.29, 1.82) is 0 Å². The second kappa shape index (κ2) is 7.64. The summed E-state index contributed by atoms with van der Waals surface area (Å²) in [4.78, 5) is 0.254. The first kappa shape index (κ1) is 19.9. The Morgan fingerprint density at radius 1 is 0.852 bits per heavy atom. The molecular formula is C20H25NO4S2. The third kappa shape index (κ3) is 4.71. The number of benzene rings is 2. The molecule has 27 heavy (non-hydrogen) atoms. The normalized spacial score (nSPS) is 16.2. The van der Waals surface area contributed by atoms with Crippen LogP contribution in [0.15, 0.2) is 52.3 Å². The molecule has 2 aromatic carbocycles. The lowest BCUT2D eigenvalue weighted by Crippen LogP contribution is -2.14. The molecule has 0 aliphatic heterocycles. The molecule has 7 heteroatoms. The molecule has 0 atom stereocenters. The van der Waals surface area contributed by atoms with Gasteiger partial charge in [-0.15, -0.1) is 0 Å². The van der Waals surface area contributed by atoms with Crippen molar-refractivity contribution in [2.24, 2.45) is 0 Å². The van der Waals surface area contributed by atoms with Crippen molar-refractivity contribution in [2.75, 3.05) is 11.0 Å². The lowest BCUT2D eigenvalue weighted by atomic mass is 9.84. The standard InChI is InChI=1S/C20H25NO4S2/c1-15-8-11-19(26(2,22)23)14-20(15)21-27(24,25)18-12-9-17(10-13-18)16-6-4-3-5-7-16/h8-14,16,21H,3-7H2,1-2H3. The van der Waals surface area contributed by atoms with Gasteiger partial charge >= 0.3 is 0 Å². The fourth-order valence-corrected chi connectivity index (χ4v) is 5.27. The number of aryl methyl sites for hydroxylation is 1. The number of sulfonamides is 1. The summed E-state index contributed by atoms with van der Waals surface area (Å²) in [5.74, 6) is 0.511. The summed E-state index contributed by atoms with van der Waals surface area (Å²) in [7, 11) is -7.21. The molecule has 0 heterocycles. The molecule has 0 bridgehead atoms. The quantitative estimate of drug-likeness (QED) is 0.804. The second-order valence-electron chi connectivity index (χ2n) is 7.26. The molecule has 0 aromatic heterocycles. The zero-order chi connectivity index (χ0) is 19.7. The predicted molar refractivity (Wildman–Crippen MR) is 107 cm³/mol. The largest absolute Gasteiger partial charge is 0.279 e. The minimum absolute atomic E-state index is 0.0819. The fourth-order valence-electron chi connectivity index (χ4n) is 3.50. The van der Waals surface area contributed by atoms with Crippen molar-refractivity contribution in [1.82, 2.24) is 0 Å². The average molecular weight is 408 g/mol. The smallest absolute Gasteiger partial charge is 0.261 e. The summed E-state index contributed by atoms with van der Waals surface area (Å²) in [5, 5.41) is 0. The Labute approximate surface area is 161 Å². The minimum Gasteiger partial charge on any atom is -0.279 e. The molecule has 1 aliphatic carbocycles. The summed E-state index contributed by atoms with van der Waals surface area (Å²) >= 11 is 0. The van der Waals surface area contributed by atoms with Gasteiger partial charge in [-0.25, -0.2) is 16.8 Å². The van der Waals surface area contributed by atoms with Crippen molar-refractivity contribution >= 4 is 25.5 Å². The molecule has 1 saturated carbocycles. The first-order valence-electron chi connectivity index (χ1n) is 9.10. The number of anilines is 1. The lowest BCUT2D eigenvalue weighted by Gasteiger charge is -2.22. The Hall–Kier alpha value is -1.86. The average Bonchev–Trinajstić information content (AvgIpc) is 2.63. The topological polar surface area (TPSA) is 80.3 Å². The summed E-state index contributed by atoms with van der Waals surface area (Å²) in [6.45, 7) is 1.73.